The van der Waals surface area contributed by atoms with Crippen molar-refractivity contribution in [2.45, 2.75) is 56.3 Å². The molecule has 0 aromatic rings. The number of amides is 3. The minimum Gasteiger partial charge on any atom is -0.481 e. The predicted octanol–water partition coefficient (Wildman–Crippen LogP) is -3.82. The summed E-state index contributed by atoms with van der Waals surface area (Å²) in [5.74, 6) is -7.35. The van der Waals surface area contributed by atoms with Crippen molar-refractivity contribution in [3.63, 3.8) is 0 Å². The second-order valence-electron chi connectivity index (χ2n) is 7.29. The van der Waals surface area contributed by atoms with Crippen LogP contribution >= 0.6 is 12.6 Å². The molecule has 0 saturated heterocycles. The molecule has 0 aliphatic heterocycles. The zero-order chi connectivity index (χ0) is 27.1. The monoisotopic (exact) mass is 521 g/mol. The number of hydrogen-bond acceptors (Lipinski definition) is 9. The highest BCUT2D eigenvalue weighted by atomic mass is 32.1. The van der Waals surface area contributed by atoms with E-state index in [9.17, 15) is 28.8 Å². The summed E-state index contributed by atoms with van der Waals surface area (Å²) in [5.41, 5.74) is 16.0. The van der Waals surface area contributed by atoms with E-state index >= 15 is 0 Å². The van der Waals surface area contributed by atoms with Gasteiger partial charge in [-0.2, -0.15) is 12.6 Å². The minimum atomic E-state index is -1.47. The molecular formula is C18H31N7O9S. The molecular weight excluding hydrogens is 490 g/mol. The molecule has 4 unspecified atom stereocenters. The average molecular weight is 522 g/mol. The lowest BCUT2D eigenvalue weighted by molar-refractivity contribution is -0.142. The number of carboxylic acids is 3. The van der Waals surface area contributed by atoms with Crippen LogP contribution in [0.4, 0.5) is 0 Å². The Kier molecular flexibility index (Phi) is 14.4. The van der Waals surface area contributed by atoms with E-state index in [0.717, 1.165) is 0 Å². The van der Waals surface area contributed by atoms with Gasteiger partial charge in [0, 0.05) is 18.7 Å². The fourth-order valence-electron chi connectivity index (χ4n) is 2.60. The van der Waals surface area contributed by atoms with E-state index in [2.05, 4.69) is 33.6 Å². The first-order valence-electron chi connectivity index (χ1n) is 10.3. The molecule has 17 heteroatoms. The van der Waals surface area contributed by atoms with Gasteiger partial charge in [-0.15, -0.1) is 0 Å². The van der Waals surface area contributed by atoms with Gasteiger partial charge in [0.1, 0.15) is 18.1 Å². The number of rotatable bonds is 17. The van der Waals surface area contributed by atoms with Gasteiger partial charge in [0.05, 0.1) is 12.5 Å². The van der Waals surface area contributed by atoms with Crippen molar-refractivity contribution in [2.75, 3.05) is 12.3 Å². The van der Waals surface area contributed by atoms with Crippen molar-refractivity contribution in [3.8, 4) is 0 Å². The van der Waals surface area contributed by atoms with Crippen LogP contribution in [-0.2, 0) is 28.8 Å². The zero-order valence-corrected chi connectivity index (χ0v) is 19.6. The maximum atomic E-state index is 12.9. The maximum absolute atomic E-state index is 12.9. The quantitative estimate of drug-likeness (QED) is 0.0381. The number of aliphatic carboxylic acids is 3. The van der Waals surface area contributed by atoms with Crippen molar-refractivity contribution >= 4 is 54.2 Å². The topological polar surface area (TPSA) is 290 Å². The largest absolute Gasteiger partial charge is 0.481 e. The van der Waals surface area contributed by atoms with Gasteiger partial charge >= 0.3 is 17.9 Å². The van der Waals surface area contributed by atoms with Crippen LogP contribution in [0, 0.1) is 0 Å². The van der Waals surface area contributed by atoms with Gasteiger partial charge in [-0.25, -0.2) is 4.79 Å². The molecule has 0 aliphatic carbocycles. The number of nitrogens with zero attached hydrogens (tertiary/aromatic N) is 1. The third-order valence-electron chi connectivity index (χ3n) is 4.39. The molecule has 16 nitrogen and oxygen atoms in total. The fourth-order valence-corrected chi connectivity index (χ4v) is 2.85. The number of carbonyl (C=O) groups is 6. The number of hydrogen-bond donors (Lipinski definition) is 10. The first-order chi connectivity index (χ1) is 16.3. The smallest absolute Gasteiger partial charge is 0.327 e. The number of carboxylic acid groups (broad SMARTS) is 3. The molecule has 3 amide bonds. The summed E-state index contributed by atoms with van der Waals surface area (Å²) in [7, 11) is 0. The first-order valence-corrected chi connectivity index (χ1v) is 10.9. The average Bonchev–Trinajstić information content (AvgIpc) is 2.75. The molecule has 0 radical (unpaired) electrons. The Morgan fingerprint density at radius 1 is 0.800 bits per heavy atom. The van der Waals surface area contributed by atoms with Gasteiger partial charge in [-0.1, -0.05) is 0 Å². The molecule has 0 saturated carbocycles. The standard InChI is InChI=1S/C18H31N7O9S/c19-8(6-13(28)29)14(30)23-9(2-1-5-22-18(20)21)15(31)24-10(3-4-12(26)27)16(32)25-11(7-35)17(33)34/h8-11,35H,1-7,19H2,(H,23,30)(H,24,31)(H,25,32)(H,26,27)(H,28,29)(H,33,34)(H4,20,21,22). The van der Waals surface area contributed by atoms with Gasteiger partial charge in [0.2, 0.25) is 17.7 Å². The second kappa shape index (κ2) is 16.1. The lowest BCUT2D eigenvalue weighted by Gasteiger charge is -2.24. The van der Waals surface area contributed by atoms with Crippen LogP contribution in [0.2, 0.25) is 0 Å². The van der Waals surface area contributed by atoms with Gasteiger partial charge < -0.3 is 48.5 Å². The lowest BCUT2D eigenvalue weighted by Crippen LogP contribution is -2.57. The summed E-state index contributed by atoms with van der Waals surface area (Å²) < 4.78 is 0. The third-order valence-corrected chi connectivity index (χ3v) is 4.75. The van der Waals surface area contributed by atoms with E-state index in [1.54, 1.807) is 0 Å². The Morgan fingerprint density at radius 2 is 1.31 bits per heavy atom. The van der Waals surface area contributed by atoms with Crippen LogP contribution in [0.1, 0.15) is 32.1 Å². The van der Waals surface area contributed by atoms with Crippen molar-refractivity contribution in [1.82, 2.24) is 16.0 Å². The van der Waals surface area contributed by atoms with Crippen LogP contribution in [0.5, 0.6) is 0 Å². The Morgan fingerprint density at radius 3 is 1.77 bits per heavy atom. The lowest BCUT2D eigenvalue weighted by atomic mass is 10.1. The second-order valence-corrected chi connectivity index (χ2v) is 7.66. The summed E-state index contributed by atoms with van der Waals surface area (Å²) >= 11 is 3.82. The van der Waals surface area contributed by atoms with E-state index in [1.165, 1.54) is 0 Å². The molecule has 0 rings (SSSR count). The number of thiol groups is 1. The molecule has 4 atom stereocenters. The van der Waals surface area contributed by atoms with E-state index in [1.807, 2.05) is 0 Å². The van der Waals surface area contributed by atoms with E-state index in [0.29, 0.717) is 0 Å². The van der Waals surface area contributed by atoms with Crippen molar-refractivity contribution in [3.05, 3.63) is 0 Å². The van der Waals surface area contributed by atoms with Gasteiger partial charge in [-0.05, 0) is 19.3 Å². The van der Waals surface area contributed by atoms with Crippen molar-refractivity contribution < 1.29 is 44.1 Å². The molecule has 0 aliphatic rings. The number of nitrogens with two attached hydrogens (primary N) is 3. The molecule has 0 spiro atoms. The van der Waals surface area contributed by atoms with Crippen molar-refractivity contribution in [1.29, 1.82) is 0 Å². The normalized spacial score (nSPS) is 13.9. The third kappa shape index (κ3) is 13.6. The number of guanidine groups is 1. The SMILES string of the molecule is NC(N)=NCCCC(NC(=O)C(N)CC(=O)O)C(=O)NC(CCC(=O)O)C(=O)NC(CS)C(=O)O. The highest BCUT2D eigenvalue weighted by Gasteiger charge is 2.30. The molecule has 0 bridgehead atoms. The molecule has 12 N–H and O–H groups in total. The molecule has 0 aromatic heterocycles. The minimum absolute atomic E-state index is 0.0597. The van der Waals surface area contributed by atoms with Crippen LogP contribution in [-0.4, -0.2) is 93.4 Å². The van der Waals surface area contributed by atoms with E-state index in [-0.39, 0.29) is 37.5 Å². The molecule has 0 heterocycles. The van der Waals surface area contributed by atoms with Crippen LogP contribution < -0.4 is 33.2 Å². The summed E-state index contributed by atoms with van der Waals surface area (Å²) in [5, 5.41) is 33.5. The van der Waals surface area contributed by atoms with Crippen molar-refractivity contribution in [2.24, 2.45) is 22.2 Å². The number of nitrogens with one attached hydrogen (secondary N) is 3. The van der Waals surface area contributed by atoms with Crippen LogP contribution in [0.15, 0.2) is 4.99 Å². The molecule has 198 valence electrons. The summed E-state index contributed by atoms with van der Waals surface area (Å²) in [6.07, 6.45) is -1.52. The Bertz CT molecular complexity index is 820. The predicted molar refractivity (Wildman–Crippen MR) is 124 cm³/mol. The number of carbonyl (C=O) groups excluding carboxylic acids is 3. The Balaban J connectivity index is 5.60. The zero-order valence-electron chi connectivity index (χ0n) is 18.7. The van der Waals surface area contributed by atoms with Crippen LogP contribution in [0.25, 0.3) is 0 Å². The molecule has 35 heavy (non-hydrogen) atoms. The molecule has 0 aromatic carbocycles. The van der Waals surface area contributed by atoms with Gasteiger partial charge in [-0.3, -0.25) is 29.0 Å². The Labute approximate surface area is 205 Å². The summed E-state index contributed by atoms with van der Waals surface area (Å²) in [6, 6.07) is -5.67. The number of aliphatic imine (C=N–C) groups is 1. The molecule has 0 fully saturated rings. The summed E-state index contributed by atoms with van der Waals surface area (Å²) in [6.45, 7) is 0.0777. The van der Waals surface area contributed by atoms with Gasteiger partial charge in [0.25, 0.3) is 0 Å². The van der Waals surface area contributed by atoms with Crippen LogP contribution in [0.3, 0.4) is 0 Å². The fraction of sp³-hybridized carbons (Fsp3) is 0.611. The first kappa shape index (κ1) is 31.4. The van der Waals surface area contributed by atoms with E-state index < -0.39 is 72.6 Å². The van der Waals surface area contributed by atoms with E-state index in [4.69, 9.17) is 32.5 Å². The van der Waals surface area contributed by atoms with Gasteiger partial charge in [0.15, 0.2) is 5.96 Å². The highest BCUT2D eigenvalue weighted by Crippen LogP contribution is 2.05. The Hall–Kier alpha value is -3.60. The summed E-state index contributed by atoms with van der Waals surface area (Å²) in [4.78, 5) is 74.3. The maximum Gasteiger partial charge on any atom is 0.327 e. The highest BCUT2D eigenvalue weighted by molar-refractivity contribution is 7.80.